The van der Waals surface area contributed by atoms with Crippen LogP contribution in [0.3, 0.4) is 0 Å². The average Bonchev–Trinajstić information content (AvgIpc) is 2.37. The van der Waals surface area contributed by atoms with Crippen LogP contribution in [0.1, 0.15) is 51.0 Å². The molecule has 0 amide bonds. The van der Waals surface area contributed by atoms with Gasteiger partial charge in [0.05, 0.1) is 6.61 Å². The third kappa shape index (κ3) is 4.53. The summed E-state index contributed by atoms with van der Waals surface area (Å²) in [6.45, 7) is 5.09. The molecule has 92 valence electrons. The molecule has 0 saturated carbocycles. The summed E-state index contributed by atoms with van der Waals surface area (Å²) in [5, 5.41) is 0. The van der Waals surface area contributed by atoms with E-state index in [4.69, 9.17) is 11.2 Å². The summed E-state index contributed by atoms with van der Waals surface area (Å²) in [7, 11) is 0. The van der Waals surface area contributed by atoms with Gasteiger partial charge >= 0.3 is 0 Å². The fourth-order valence-corrected chi connectivity index (χ4v) is 1.93. The van der Waals surface area contributed by atoms with Crippen molar-refractivity contribution in [2.75, 3.05) is 6.61 Å². The van der Waals surface area contributed by atoms with Crippen molar-refractivity contribution in [2.24, 2.45) is 0 Å². The van der Waals surface area contributed by atoms with E-state index in [0.29, 0.717) is 5.92 Å². The molecule has 0 aromatic heterocycles. The number of hydrogen-bond donors (Lipinski definition) is 0. The van der Waals surface area contributed by atoms with E-state index in [1.54, 1.807) is 0 Å². The van der Waals surface area contributed by atoms with Crippen LogP contribution in [-0.2, 0) is 0 Å². The monoisotopic (exact) mass is 230 g/mol. The minimum Gasteiger partial charge on any atom is -0.494 e. The highest BCUT2D eigenvalue weighted by Crippen LogP contribution is 2.26. The van der Waals surface area contributed by atoms with Crippen LogP contribution in [0.25, 0.3) is 0 Å². The Morgan fingerprint density at radius 2 is 1.88 bits per heavy atom. The number of ether oxygens (including phenoxy) is 1. The standard InChI is InChI=1S/C16H22O/c1-4-7-14(8-5-2)15-9-11-16(12-10-15)17-13-6-3/h1,9-12,14H,5-8,13H2,2-3H3. The van der Waals surface area contributed by atoms with Gasteiger partial charge in [0.15, 0.2) is 0 Å². The molecular formula is C16H22O. The molecule has 1 aromatic rings. The second-order valence-electron chi connectivity index (χ2n) is 4.31. The fraction of sp³-hybridized carbons (Fsp3) is 0.500. The maximum absolute atomic E-state index is 5.57. The Labute approximate surface area is 105 Å². The van der Waals surface area contributed by atoms with E-state index in [2.05, 4.69) is 31.9 Å². The molecule has 0 fully saturated rings. The van der Waals surface area contributed by atoms with Crippen LogP contribution < -0.4 is 4.74 Å². The first kappa shape index (κ1) is 13.6. The van der Waals surface area contributed by atoms with Crippen molar-refractivity contribution in [3.63, 3.8) is 0 Å². The molecule has 0 aliphatic rings. The minimum absolute atomic E-state index is 0.491. The Balaban J connectivity index is 2.67. The van der Waals surface area contributed by atoms with Crippen LogP contribution in [-0.4, -0.2) is 6.61 Å². The molecular weight excluding hydrogens is 208 g/mol. The van der Waals surface area contributed by atoms with Gasteiger partial charge in [-0.1, -0.05) is 32.4 Å². The summed E-state index contributed by atoms with van der Waals surface area (Å²) in [5.74, 6) is 4.21. The highest BCUT2D eigenvalue weighted by molar-refractivity contribution is 5.30. The zero-order chi connectivity index (χ0) is 12.5. The van der Waals surface area contributed by atoms with Gasteiger partial charge in [-0.25, -0.2) is 0 Å². The first-order valence-electron chi connectivity index (χ1n) is 6.48. The quantitative estimate of drug-likeness (QED) is 0.631. The van der Waals surface area contributed by atoms with Crippen molar-refractivity contribution < 1.29 is 4.74 Å². The SMILES string of the molecule is C#CCC(CCC)c1ccc(OCCC)cc1. The zero-order valence-corrected chi connectivity index (χ0v) is 10.9. The lowest BCUT2D eigenvalue weighted by atomic mass is 9.92. The highest BCUT2D eigenvalue weighted by atomic mass is 16.5. The summed E-state index contributed by atoms with van der Waals surface area (Å²) in [5.41, 5.74) is 1.33. The average molecular weight is 230 g/mol. The van der Waals surface area contributed by atoms with Crippen molar-refractivity contribution >= 4 is 0 Å². The lowest BCUT2D eigenvalue weighted by Gasteiger charge is -2.14. The maximum Gasteiger partial charge on any atom is 0.119 e. The van der Waals surface area contributed by atoms with Gasteiger partial charge in [-0.3, -0.25) is 0 Å². The first-order chi connectivity index (χ1) is 8.31. The molecule has 0 spiro atoms. The molecule has 1 aromatic carbocycles. The van der Waals surface area contributed by atoms with E-state index >= 15 is 0 Å². The van der Waals surface area contributed by atoms with Crippen LogP contribution >= 0.6 is 0 Å². The lowest BCUT2D eigenvalue weighted by molar-refractivity contribution is 0.317. The predicted octanol–water partition coefficient (Wildman–Crippen LogP) is 4.38. The van der Waals surface area contributed by atoms with Gasteiger partial charge in [-0.2, -0.15) is 0 Å². The molecule has 0 heterocycles. The smallest absolute Gasteiger partial charge is 0.119 e. The van der Waals surface area contributed by atoms with Gasteiger partial charge in [0.1, 0.15) is 5.75 Å². The molecule has 0 aliphatic carbocycles. The molecule has 0 bridgehead atoms. The van der Waals surface area contributed by atoms with Crippen LogP contribution in [0.2, 0.25) is 0 Å². The van der Waals surface area contributed by atoms with Crippen molar-refractivity contribution in [2.45, 2.75) is 45.4 Å². The van der Waals surface area contributed by atoms with Gasteiger partial charge in [0.25, 0.3) is 0 Å². The highest BCUT2D eigenvalue weighted by Gasteiger charge is 2.09. The second kappa shape index (κ2) is 7.79. The topological polar surface area (TPSA) is 9.23 Å². The van der Waals surface area contributed by atoms with E-state index in [0.717, 1.165) is 31.6 Å². The summed E-state index contributed by atoms with van der Waals surface area (Å²) < 4.78 is 5.57. The maximum atomic E-state index is 5.57. The fourth-order valence-electron chi connectivity index (χ4n) is 1.93. The molecule has 0 radical (unpaired) electrons. The lowest BCUT2D eigenvalue weighted by Crippen LogP contribution is -1.99. The predicted molar refractivity (Wildman–Crippen MR) is 73.3 cm³/mol. The van der Waals surface area contributed by atoms with Gasteiger partial charge in [-0.15, -0.1) is 12.3 Å². The van der Waals surface area contributed by atoms with Crippen molar-refractivity contribution in [1.82, 2.24) is 0 Å². The number of terminal acetylenes is 1. The minimum atomic E-state index is 0.491. The van der Waals surface area contributed by atoms with Crippen molar-refractivity contribution in [3.8, 4) is 18.1 Å². The van der Waals surface area contributed by atoms with Gasteiger partial charge in [0, 0.05) is 6.42 Å². The Bertz CT molecular complexity index is 345. The van der Waals surface area contributed by atoms with E-state index in [9.17, 15) is 0 Å². The number of rotatable bonds is 7. The Morgan fingerprint density at radius 1 is 1.18 bits per heavy atom. The van der Waals surface area contributed by atoms with E-state index in [1.807, 2.05) is 12.1 Å². The summed E-state index contributed by atoms with van der Waals surface area (Å²) >= 11 is 0. The first-order valence-corrected chi connectivity index (χ1v) is 6.48. The molecule has 1 rings (SSSR count). The molecule has 1 unspecified atom stereocenters. The molecule has 0 N–H and O–H groups in total. The third-order valence-corrected chi connectivity index (χ3v) is 2.83. The Morgan fingerprint density at radius 3 is 2.41 bits per heavy atom. The largest absolute Gasteiger partial charge is 0.494 e. The third-order valence-electron chi connectivity index (χ3n) is 2.83. The Hall–Kier alpha value is -1.42. The molecule has 0 saturated heterocycles. The normalized spacial score (nSPS) is 11.8. The molecule has 17 heavy (non-hydrogen) atoms. The van der Waals surface area contributed by atoms with Gasteiger partial charge in [-0.05, 0) is 36.5 Å². The molecule has 1 atom stereocenters. The van der Waals surface area contributed by atoms with E-state index in [-0.39, 0.29) is 0 Å². The zero-order valence-electron chi connectivity index (χ0n) is 10.9. The van der Waals surface area contributed by atoms with Crippen molar-refractivity contribution in [1.29, 1.82) is 0 Å². The van der Waals surface area contributed by atoms with Crippen LogP contribution in [0.5, 0.6) is 5.75 Å². The van der Waals surface area contributed by atoms with Crippen molar-refractivity contribution in [3.05, 3.63) is 29.8 Å². The van der Waals surface area contributed by atoms with Gasteiger partial charge < -0.3 is 4.74 Å². The molecule has 1 nitrogen and oxygen atoms in total. The van der Waals surface area contributed by atoms with Crippen LogP contribution in [0.15, 0.2) is 24.3 Å². The summed E-state index contributed by atoms with van der Waals surface area (Å²) in [6.07, 6.45) is 9.60. The number of hydrogen-bond acceptors (Lipinski definition) is 1. The van der Waals surface area contributed by atoms with Crippen LogP contribution in [0, 0.1) is 12.3 Å². The van der Waals surface area contributed by atoms with E-state index < -0.39 is 0 Å². The Kier molecular flexibility index (Phi) is 6.25. The second-order valence-corrected chi connectivity index (χ2v) is 4.31. The summed E-state index contributed by atoms with van der Waals surface area (Å²) in [6, 6.07) is 8.37. The molecule has 0 aliphatic heterocycles. The van der Waals surface area contributed by atoms with E-state index in [1.165, 1.54) is 12.0 Å². The summed E-state index contributed by atoms with van der Waals surface area (Å²) in [4.78, 5) is 0. The number of benzene rings is 1. The molecule has 1 heteroatoms. The van der Waals surface area contributed by atoms with Gasteiger partial charge in [0.2, 0.25) is 0 Å². The van der Waals surface area contributed by atoms with Crippen LogP contribution in [0.4, 0.5) is 0 Å².